The standard InChI is InChI=1S/C21H16F2N4O2/c1-13-24-11-17(15-5-3-2-4-6-15)21(28)27(13)12-14-7-9-16(10-8-14)19-25-26-20(29-19)18(22)23/h2-11,18H,12H2,1H3. The largest absolute Gasteiger partial charge is 0.415 e. The fourth-order valence-electron chi connectivity index (χ4n) is 2.95. The zero-order chi connectivity index (χ0) is 20.4. The van der Waals surface area contributed by atoms with E-state index in [-0.39, 0.29) is 11.4 Å². The minimum absolute atomic E-state index is 0.0212. The molecule has 0 spiro atoms. The molecule has 0 atom stereocenters. The third kappa shape index (κ3) is 3.82. The molecular weight excluding hydrogens is 378 g/mol. The summed E-state index contributed by atoms with van der Waals surface area (Å²) in [6.07, 6.45) is -1.22. The van der Waals surface area contributed by atoms with Gasteiger partial charge in [-0.1, -0.05) is 42.5 Å². The fraction of sp³-hybridized carbons (Fsp3) is 0.143. The highest BCUT2D eigenvalue weighted by molar-refractivity contribution is 5.61. The van der Waals surface area contributed by atoms with Gasteiger partial charge in [0.2, 0.25) is 5.89 Å². The lowest BCUT2D eigenvalue weighted by atomic mass is 10.1. The molecule has 0 aliphatic rings. The van der Waals surface area contributed by atoms with Crippen LogP contribution in [0.3, 0.4) is 0 Å². The number of rotatable bonds is 5. The second-order valence-corrected chi connectivity index (χ2v) is 6.42. The van der Waals surface area contributed by atoms with E-state index in [1.807, 2.05) is 30.3 Å². The SMILES string of the molecule is Cc1ncc(-c2ccccc2)c(=O)n1Cc1ccc(-c2nnc(C(F)F)o2)cc1. The molecule has 6 nitrogen and oxygen atoms in total. The summed E-state index contributed by atoms with van der Waals surface area (Å²) in [4.78, 5) is 17.3. The van der Waals surface area contributed by atoms with Crippen molar-refractivity contribution in [1.82, 2.24) is 19.7 Å². The number of nitrogens with zero attached hydrogens (tertiary/aromatic N) is 4. The Morgan fingerprint density at radius 3 is 2.38 bits per heavy atom. The molecular formula is C21H16F2N4O2. The molecule has 4 aromatic rings. The monoisotopic (exact) mass is 394 g/mol. The maximum atomic E-state index is 13.0. The second-order valence-electron chi connectivity index (χ2n) is 6.42. The van der Waals surface area contributed by atoms with Crippen LogP contribution in [0.5, 0.6) is 0 Å². The molecule has 146 valence electrons. The van der Waals surface area contributed by atoms with E-state index < -0.39 is 12.3 Å². The quantitative estimate of drug-likeness (QED) is 0.506. The lowest BCUT2D eigenvalue weighted by molar-refractivity contribution is 0.116. The van der Waals surface area contributed by atoms with Crippen molar-refractivity contribution in [3.8, 4) is 22.6 Å². The van der Waals surface area contributed by atoms with Crippen molar-refractivity contribution in [2.45, 2.75) is 19.9 Å². The first kappa shape index (κ1) is 18.7. The molecule has 0 aliphatic heterocycles. The van der Waals surface area contributed by atoms with E-state index in [9.17, 15) is 13.6 Å². The van der Waals surface area contributed by atoms with Crippen molar-refractivity contribution < 1.29 is 13.2 Å². The van der Waals surface area contributed by atoms with Crippen molar-refractivity contribution in [1.29, 1.82) is 0 Å². The minimum atomic E-state index is -2.81. The third-order valence-corrected chi connectivity index (χ3v) is 4.50. The molecule has 0 saturated heterocycles. The summed E-state index contributed by atoms with van der Waals surface area (Å²) in [6.45, 7) is 2.10. The Balaban J connectivity index is 1.62. The maximum absolute atomic E-state index is 13.0. The first-order valence-corrected chi connectivity index (χ1v) is 8.85. The summed E-state index contributed by atoms with van der Waals surface area (Å²) >= 11 is 0. The van der Waals surface area contributed by atoms with Crippen molar-refractivity contribution in [2.75, 3.05) is 0 Å². The van der Waals surface area contributed by atoms with Gasteiger partial charge in [-0.2, -0.15) is 8.78 Å². The topological polar surface area (TPSA) is 73.8 Å². The van der Waals surface area contributed by atoms with Gasteiger partial charge in [0.15, 0.2) is 0 Å². The summed E-state index contributed by atoms with van der Waals surface area (Å²) in [7, 11) is 0. The summed E-state index contributed by atoms with van der Waals surface area (Å²) in [5.41, 5.74) is 2.57. The number of aryl methyl sites for hydroxylation is 1. The van der Waals surface area contributed by atoms with Crippen LogP contribution in [-0.2, 0) is 6.54 Å². The lowest BCUT2D eigenvalue weighted by Crippen LogP contribution is -2.25. The lowest BCUT2D eigenvalue weighted by Gasteiger charge is -2.11. The van der Waals surface area contributed by atoms with Gasteiger partial charge in [-0.05, 0) is 30.2 Å². The van der Waals surface area contributed by atoms with Gasteiger partial charge in [0.1, 0.15) is 5.82 Å². The molecule has 0 unspecified atom stereocenters. The van der Waals surface area contributed by atoms with Gasteiger partial charge in [-0.25, -0.2) is 4.98 Å². The number of halogens is 2. The zero-order valence-electron chi connectivity index (χ0n) is 15.4. The van der Waals surface area contributed by atoms with Crippen LogP contribution in [0.15, 0.2) is 70.0 Å². The zero-order valence-corrected chi connectivity index (χ0v) is 15.4. The van der Waals surface area contributed by atoms with Crippen molar-refractivity contribution in [2.24, 2.45) is 0 Å². The Hall–Kier alpha value is -3.68. The smallest absolute Gasteiger partial charge is 0.314 e. The van der Waals surface area contributed by atoms with Crippen LogP contribution < -0.4 is 5.56 Å². The van der Waals surface area contributed by atoms with Crippen molar-refractivity contribution >= 4 is 0 Å². The molecule has 0 fully saturated rings. The van der Waals surface area contributed by atoms with E-state index in [0.29, 0.717) is 23.5 Å². The Morgan fingerprint density at radius 1 is 1.00 bits per heavy atom. The number of benzene rings is 2. The van der Waals surface area contributed by atoms with E-state index >= 15 is 0 Å². The van der Waals surface area contributed by atoms with Gasteiger partial charge in [0.25, 0.3) is 11.4 Å². The highest BCUT2D eigenvalue weighted by Crippen LogP contribution is 2.23. The highest BCUT2D eigenvalue weighted by atomic mass is 19.3. The molecule has 0 amide bonds. The molecule has 0 bridgehead atoms. The molecule has 2 aromatic carbocycles. The van der Waals surface area contributed by atoms with Crippen LogP contribution >= 0.6 is 0 Å². The van der Waals surface area contributed by atoms with Crippen LogP contribution in [0.25, 0.3) is 22.6 Å². The second kappa shape index (κ2) is 7.75. The molecule has 2 aromatic heterocycles. The fourth-order valence-corrected chi connectivity index (χ4v) is 2.95. The summed E-state index contributed by atoms with van der Waals surface area (Å²) < 4.78 is 31.7. The van der Waals surface area contributed by atoms with Crippen LogP contribution in [0.4, 0.5) is 8.78 Å². The molecule has 8 heteroatoms. The van der Waals surface area contributed by atoms with Crippen LogP contribution in [0.1, 0.15) is 23.7 Å². The predicted molar refractivity (Wildman–Crippen MR) is 102 cm³/mol. The Labute approximate surface area is 164 Å². The Morgan fingerprint density at radius 2 is 1.72 bits per heavy atom. The van der Waals surface area contributed by atoms with Crippen molar-refractivity contribution in [3.63, 3.8) is 0 Å². The Bertz CT molecular complexity index is 1190. The molecule has 0 saturated carbocycles. The molecule has 29 heavy (non-hydrogen) atoms. The van der Waals surface area contributed by atoms with E-state index in [1.165, 1.54) is 0 Å². The number of aromatic nitrogens is 4. The van der Waals surface area contributed by atoms with Crippen LogP contribution in [0, 0.1) is 6.92 Å². The predicted octanol–water partition coefficient (Wildman–Crippen LogP) is 4.25. The van der Waals surface area contributed by atoms with E-state index in [2.05, 4.69) is 15.2 Å². The summed E-state index contributed by atoms with van der Waals surface area (Å²) in [5.74, 6) is -0.0970. The van der Waals surface area contributed by atoms with E-state index in [1.54, 1.807) is 42.0 Å². The van der Waals surface area contributed by atoms with Crippen LogP contribution in [0.2, 0.25) is 0 Å². The first-order valence-electron chi connectivity index (χ1n) is 8.85. The van der Waals surface area contributed by atoms with Gasteiger partial charge in [-0.3, -0.25) is 9.36 Å². The number of hydrogen-bond donors (Lipinski definition) is 0. The van der Waals surface area contributed by atoms with Crippen molar-refractivity contribution in [3.05, 3.63) is 88.4 Å². The first-order chi connectivity index (χ1) is 14.0. The average Bonchev–Trinajstić information content (AvgIpc) is 3.23. The van der Waals surface area contributed by atoms with E-state index in [4.69, 9.17) is 4.42 Å². The van der Waals surface area contributed by atoms with Crippen LogP contribution in [-0.4, -0.2) is 19.7 Å². The average molecular weight is 394 g/mol. The maximum Gasteiger partial charge on any atom is 0.314 e. The molecule has 4 rings (SSSR count). The number of hydrogen-bond acceptors (Lipinski definition) is 5. The van der Waals surface area contributed by atoms with E-state index in [0.717, 1.165) is 11.1 Å². The number of alkyl halides is 2. The Kier molecular flexibility index (Phi) is 4.99. The van der Waals surface area contributed by atoms with Gasteiger partial charge >= 0.3 is 6.43 Å². The van der Waals surface area contributed by atoms with Gasteiger partial charge in [0, 0.05) is 11.8 Å². The molecule has 0 N–H and O–H groups in total. The summed E-state index contributed by atoms with van der Waals surface area (Å²) in [5, 5.41) is 6.96. The normalized spacial score (nSPS) is 11.2. The molecule has 0 aliphatic carbocycles. The third-order valence-electron chi connectivity index (χ3n) is 4.50. The molecule has 2 heterocycles. The van der Waals surface area contributed by atoms with Gasteiger partial charge in [0.05, 0.1) is 12.1 Å². The molecule has 0 radical (unpaired) electrons. The highest BCUT2D eigenvalue weighted by Gasteiger charge is 2.17. The van der Waals surface area contributed by atoms with Gasteiger partial charge in [-0.15, -0.1) is 10.2 Å². The van der Waals surface area contributed by atoms with Gasteiger partial charge < -0.3 is 4.42 Å². The summed E-state index contributed by atoms with van der Waals surface area (Å²) in [6, 6.07) is 16.3. The minimum Gasteiger partial charge on any atom is -0.415 e.